The first-order valence-corrected chi connectivity index (χ1v) is 8.65. The summed E-state index contributed by atoms with van der Waals surface area (Å²) in [6.07, 6.45) is 4.06. The summed E-state index contributed by atoms with van der Waals surface area (Å²) in [4.78, 5) is 0. The number of rotatable bonds is 2. The van der Waals surface area contributed by atoms with Gasteiger partial charge in [-0.05, 0) is 80.0 Å². The molecule has 0 spiro atoms. The van der Waals surface area contributed by atoms with Crippen molar-refractivity contribution >= 4 is 37.5 Å². The Kier molecular flexibility index (Phi) is 3.29. The molecule has 0 heterocycles. The Bertz CT molecular complexity index is 491. The molecule has 2 aliphatic carbocycles. The van der Waals surface area contributed by atoms with Crippen LogP contribution in [0.25, 0.3) is 0 Å². The van der Waals surface area contributed by atoms with Gasteiger partial charge in [0.2, 0.25) is 0 Å². The number of benzene rings is 1. The third-order valence-electron chi connectivity index (χ3n) is 6.08. The monoisotopic (exact) mass is 385 g/mol. The molecular weight excluding hydrogens is 366 g/mol. The van der Waals surface area contributed by atoms with Crippen molar-refractivity contribution in [2.75, 3.05) is 5.32 Å². The Hall–Kier alpha value is -0.0200. The quantitative estimate of drug-likeness (QED) is 0.673. The number of hydrogen-bond acceptors (Lipinski definition) is 1. The Morgan fingerprint density at radius 3 is 2.26 bits per heavy atom. The maximum absolute atomic E-state index is 3.81. The molecule has 1 N–H and O–H groups in total. The second kappa shape index (κ2) is 4.49. The molecule has 2 aliphatic rings. The van der Waals surface area contributed by atoms with Crippen LogP contribution in [0.1, 0.15) is 40.0 Å². The van der Waals surface area contributed by atoms with Crippen molar-refractivity contribution in [3.8, 4) is 0 Å². The molecular formula is C16H21Br2N. The average molecular weight is 387 g/mol. The number of nitrogens with one attached hydrogen (secondary N) is 1. The molecule has 2 bridgehead atoms. The van der Waals surface area contributed by atoms with Gasteiger partial charge in [-0.1, -0.05) is 26.8 Å². The molecule has 0 aromatic heterocycles. The van der Waals surface area contributed by atoms with Crippen LogP contribution in [0.4, 0.5) is 5.69 Å². The molecule has 3 atom stereocenters. The molecule has 104 valence electrons. The molecule has 0 amide bonds. The van der Waals surface area contributed by atoms with Gasteiger partial charge in [0.15, 0.2) is 0 Å². The van der Waals surface area contributed by atoms with Crippen molar-refractivity contribution in [2.24, 2.45) is 16.7 Å². The van der Waals surface area contributed by atoms with Gasteiger partial charge in [0.05, 0.1) is 5.69 Å². The molecule has 2 saturated carbocycles. The third kappa shape index (κ3) is 1.91. The lowest BCUT2D eigenvalue weighted by Crippen LogP contribution is -2.40. The maximum Gasteiger partial charge on any atom is 0.0631 e. The van der Waals surface area contributed by atoms with Crippen molar-refractivity contribution in [1.82, 2.24) is 0 Å². The predicted octanol–water partition coefficient (Wildman–Crippen LogP) is 5.84. The Morgan fingerprint density at radius 2 is 1.79 bits per heavy atom. The van der Waals surface area contributed by atoms with E-state index in [2.05, 4.69) is 76.1 Å². The molecule has 1 aromatic rings. The van der Waals surface area contributed by atoms with E-state index >= 15 is 0 Å². The molecule has 0 aliphatic heterocycles. The number of halogens is 2. The number of anilines is 1. The first-order chi connectivity index (χ1) is 8.86. The summed E-state index contributed by atoms with van der Waals surface area (Å²) in [7, 11) is 0. The summed E-state index contributed by atoms with van der Waals surface area (Å²) in [5.41, 5.74) is 2.07. The highest BCUT2D eigenvalue weighted by Gasteiger charge is 2.61. The van der Waals surface area contributed by atoms with E-state index in [4.69, 9.17) is 0 Å². The van der Waals surface area contributed by atoms with E-state index in [1.54, 1.807) is 0 Å². The van der Waals surface area contributed by atoms with Crippen LogP contribution in [0.3, 0.4) is 0 Å². The Morgan fingerprint density at radius 1 is 1.16 bits per heavy atom. The first kappa shape index (κ1) is 13.9. The summed E-state index contributed by atoms with van der Waals surface area (Å²) in [6.45, 7) is 7.39. The first-order valence-electron chi connectivity index (χ1n) is 7.07. The van der Waals surface area contributed by atoms with E-state index in [1.165, 1.54) is 24.9 Å². The van der Waals surface area contributed by atoms with Crippen molar-refractivity contribution in [3.05, 3.63) is 27.1 Å². The Balaban J connectivity index is 1.90. The Labute approximate surface area is 132 Å². The summed E-state index contributed by atoms with van der Waals surface area (Å²) in [5, 5.41) is 3.81. The fourth-order valence-corrected chi connectivity index (χ4v) is 5.46. The van der Waals surface area contributed by atoms with Gasteiger partial charge >= 0.3 is 0 Å². The highest BCUT2D eigenvalue weighted by atomic mass is 79.9. The molecule has 0 radical (unpaired) electrons. The largest absolute Gasteiger partial charge is 0.380 e. The van der Waals surface area contributed by atoms with Crippen molar-refractivity contribution in [3.63, 3.8) is 0 Å². The van der Waals surface area contributed by atoms with Crippen LogP contribution in [0.2, 0.25) is 0 Å². The van der Waals surface area contributed by atoms with E-state index in [9.17, 15) is 0 Å². The second-order valence-electron chi connectivity index (χ2n) is 6.90. The van der Waals surface area contributed by atoms with E-state index < -0.39 is 0 Å². The van der Waals surface area contributed by atoms with Crippen molar-refractivity contribution in [1.29, 1.82) is 0 Å². The van der Waals surface area contributed by atoms with E-state index in [0.29, 0.717) is 16.9 Å². The van der Waals surface area contributed by atoms with Gasteiger partial charge in [0.1, 0.15) is 0 Å². The van der Waals surface area contributed by atoms with Gasteiger partial charge in [0, 0.05) is 15.0 Å². The van der Waals surface area contributed by atoms with Gasteiger partial charge in [-0.15, -0.1) is 0 Å². The summed E-state index contributed by atoms with van der Waals surface area (Å²) < 4.78 is 2.29. The van der Waals surface area contributed by atoms with Gasteiger partial charge in [-0.25, -0.2) is 0 Å². The van der Waals surface area contributed by atoms with Crippen LogP contribution in [-0.4, -0.2) is 6.04 Å². The van der Waals surface area contributed by atoms with Gasteiger partial charge in [0.25, 0.3) is 0 Å². The summed E-state index contributed by atoms with van der Waals surface area (Å²) in [6, 6.07) is 6.85. The van der Waals surface area contributed by atoms with Crippen LogP contribution in [0, 0.1) is 16.7 Å². The fourth-order valence-electron chi connectivity index (χ4n) is 4.23. The van der Waals surface area contributed by atoms with E-state index in [-0.39, 0.29) is 0 Å². The van der Waals surface area contributed by atoms with E-state index in [1.807, 2.05) is 0 Å². The van der Waals surface area contributed by atoms with Gasteiger partial charge in [-0.2, -0.15) is 0 Å². The standard InChI is InChI=1S/C16H21Br2N/c1-15(2)10-7-8-16(15,3)13(9-10)19-14-11(17)5-4-6-12(14)18/h4-6,10,13,19H,7-9H2,1-3H3. The molecule has 3 rings (SSSR count). The molecule has 0 saturated heterocycles. The fraction of sp³-hybridized carbons (Fsp3) is 0.625. The van der Waals surface area contributed by atoms with E-state index in [0.717, 1.165) is 14.9 Å². The normalized spacial score (nSPS) is 35.6. The topological polar surface area (TPSA) is 12.0 Å². The number of fused-ring (bicyclic) bond motifs is 2. The minimum Gasteiger partial charge on any atom is -0.380 e. The van der Waals surface area contributed by atoms with Crippen molar-refractivity contribution in [2.45, 2.75) is 46.1 Å². The molecule has 1 nitrogen and oxygen atoms in total. The lowest BCUT2D eigenvalue weighted by atomic mass is 9.69. The van der Waals surface area contributed by atoms with Crippen LogP contribution in [0.15, 0.2) is 27.1 Å². The summed E-state index contributed by atoms with van der Waals surface area (Å²) in [5.74, 6) is 0.872. The minimum absolute atomic E-state index is 0.409. The third-order valence-corrected chi connectivity index (χ3v) is 7.40. The molecule has 2 fully saturated rings. The minimum atomic E-state index is 0.409. The second-order valence-corrected chi connectivity index (χ2v) is 8.61. The summed E-state index contributed by atoms with van der Waals surface area (Å²) >= 11 is 7.32. The van der Waals surface area contributed by atoms with Gasteiger partial charge in [-0.3, -0.25) is 0 Å². The zero-order valence-corrected chi connectivity index (χ0v) is 14.9. The highest BCUT2D eigenvalue weighted by molar-refractivity contribution is 9.11. The van der Waals surface area contributed by atoms with Crippen LogP contribution in [-0.2, 0) is 0 Å². The lowest BCUT2D eigenvalue weighted by Gasteiger charge is -2.40. The zero-order valence-electron chi connectivity index (χ0n) is 11.8. The van der Waals surface area contributed by atoms with Crippen LogP contribution in [0.5, 0.6) is 0 Å². The lowest BCUT2D eigenvalue weighted by molar-refractivity contribution is 0.142. The number of hydrogen-bond donors (Lipinski definition) is 1. The molecule has 1 aromatic carbocycles. The highest BCUT2D eigenvalue weighted by Crippen LogP contribution is 2.66. The zero-order chi connectivity index (χ0) is 13.8. The van der Waals surface area contributed by atoms with Crippen molar-refractivity contribution < 1.29 is 0 Å². The van der Waals surface area contributed by atoms with Gasteiger partial charge < -0.3 is 5.32 Å². The average Bonchev–Trinajstić information content (AvgIpc) is 2.67. The number of para-hydroxylation sites is 1. The predicted molar refractivity (Wildman–Crippen MR) is 88.5 cm³/mol. The van der Waals surface area contributed by atoms with Crippen LogP contribution >= 0.6 is 31.9 Å². The molecule has 3 heteroatoms. The molecule has 3 unspecified atom stereocenters. The SMILES string of the molecule is CC1(C)C2CCC1(C)C(Nc1c(Br)cccc1Br)C2. The van der Waals surface area contributed by atoms with Crippen LogP contribution < -0.4 is 5.32 Å². The molecule has 19 heavy (non-hydrogen) atoms. The smallest absolute Gasteiger partial charge is 0.0631 e. The maximum atomic E-state index is 3.81.